The summed E-state index contributed by atoms with van der Waals surface area (Å²) in [5, 5.41) is 6.99. The van der Waals surface area contributed by atoms with Crippen molar-refractivity contribution in [2.45, 2.75) is 13.1 Å². The first-order chi connectivity index (χ1) is 5.27. The van der Waals surface area contributed by atoms with Gasteiger partial charge in [-0.2, -0.15) is 4.39 Å². The Labute approximate surface area is 63.6 Å². The maximum atomic E-state index is 12.7. The average molecular weight is 155 g/mol. The zero-order valence-electron chi connectivity index (χ0n) is 6.00. The van der Waals surface area contributed by atoms with Crippen LogP contribution in [0.1, 0.15) is 5.82 Å². The van der Waals surface area contributed by atoms with Crippen LogP contribution in [0.15, 0.2) is 0 Å². The van der Waals surface area contributed by atoms with E-state index in [2.05, 4.69) is 17.2 Å². The first-order valence-corrected chi connectivity index (χ1v) is 3.40. The summed E-state index contributed by atoms with van der Waals surface area (Å²) in [7, 11) is 3.74. The Hall–Kier alpha value is -0.970. The lowest BCUT2D eigenvalue weighted by molar-refractivity contribution is 0.276. The SMILES string of the molecule is [CH2-]N1CCn2c(F)nnc2C1. The molecular formula is C6H8FN4-. The summed E-state index contributed by atoms with van der Waals surface area (Å²) >= 11 is 0. The highest BCUT2D eigenvalue weighted by atomic mass is 19.1. The van der Waals surface area contributed by atoms with Crippen LogP contribution in [0.2, 0.25) is 0 Å². The van der Waals surface area contributed by atoms with E-state index in [-0.39, 0.29) is 0 Å². The van der Waals surface area contributed by atoms with Crippen molar-refractivity contribution < 1.29 is 4.39 Å². The predicted molar refractivity (Wildman–Crippen MR) is 35.7 cm³/mol. The molecular weight excluding hydrogens is 147 g/mol. The average Bonchev–Trinajstić information content (AvgIpc) is 2.32. The monoisotopic (exact) mass is 155 g/mol. The van der Waals surface area contributed by atoms with Crippen molar-refractivity contribution in [3.63, 3.8) is 0 Å². The maximum absolute atomic E-state index is 12.7. The Bertz CT molecular complexity index is 270. The van der Waals surface area contributed by atoms with E-state index in [1.807, 2.05) is 4.90 Å². The molecule has 0 amide bonds. The van der Waals surface area contributed by atoms with Gasteiger partial charge >= 0.3 is 6.08 Å². The van der Waals surface area contributed by atoms with E-state index in [1.54, 1.807) is 0 Å². The lowest BCUT2D eigenvalue weighted by Crippen LogP contribution is -2.29. The molecule has 11 heavy (non-hydrogen) atoms. The van der Waals surface area contributed by atoms with Gasteiger partial charge in [-0.3, -0.25) is 11.6 Å². The lowest BCUT2D eigenvalue weighted by Gasteiger charge is -2.29. The fraction of sp³-hybridized carbons (Fsp3) is 0.500. The van der Waals surface area contributed by atoms with Crippen molar-refractivity contribution in [3.05, 3.63) is 19.0 Å². The summed E-state index contributed by atoms with van der Waals surface area (Å²) < 4.78 is 14.2. The van der Waals surface area contributed by atoms with E-state index in [0.29, 0.717) is 18.9 Å². The van der Waals surface area contributed by atoms with E-state index in [4.69, 9.17) is 0 Å². The van der Waals surface area contributed by atoms with Crippen LogP contribution in [0, 0.1) is 13.1 Å². The second kappa shape index (κ2) is 2.27. The highest BCUT2D eigenvalue weighted by Crippen LogP contribution is 2.09. The highest BCUT2D eigenvalue weighted by molar-refractivity contribution is 4.90. The number of fused-ring (bicyclic) bond motifs is 1. The van der Waals surface area contributed by atoms with Crippen molar-refractivity contribution in [2.75, 3.05) is 6.54 Å². The Morgan fingerprint density at radius 3 is 3.00 bits per heavy atom. The van der Waals surface area contributed by atoms with E-state index in [0.717, 1.165) is 6.54 Å². The fourth-order valence-electron chi connectivity index (χ4n) is 1.17. The molecule has 0 radical (unpaired) electrons. The zero-order valence-corrected chi connectivity index (χ0v) is 6.00. The smallest absolute Gasteiger partial charge is 0.309 e. The summed E-state index contributed by atoms with van der Waals surface area (Å²) in [5.41, 5.74) is 0. The van der Waals surface area contributed by atoms with Gasteiger partial charge in [0.25, 0.3) is 0 Å². The van der Waals surface area contributed by atoms with Gasteiger partial charge in [0.05, 0.1) is 0 Å². The van der Waals surface area contributed by atoms with Gasteiger partial charge in [0.15, 0.2) is 0 Å². The molecule has 60 valence electrons. The van der Waals surface area contributed by atoms with Crippen LogP contribution in [0.4, 0.5) is 4.39 Å². The molecule has 1 aromatic rings. The summed E-state index contributed by atoms with van der Waals surface area (Å²) in [6, 6.07) is 0. The molecule has 0 aromatic carbocycles. The Balaban J connectivity index is 2.36. The third kappa shape index (κ3) is 1.01. The van der Waals surface area contributed by atoms with Gasteiger partial charge in [-0.15, -0.1) is 5.10 Å². The van der Waals surface area contributed by atoms with Crippen molar-refractivity contribution >= 4 is 0 Å². The van der Waals surface area contributed by atoms with Crippen molar-refractivity contribution in [3.8, 4) is 0 Å². The maximum Gasteiger partial charge on any atom is 0.309 e. The van der Waals surface area contributed by atoms with Crippen LogP contribution in [0.25, 0.3) is 0 Å². The third-order valence-electron chi connectivity index (χ3n) is 1.79. The zero-order chi connectivity index (χ0) is 7.84. The Morgan fingerprint density at radius 2 is 2.18 bits per heavy atom. The van der Waals surface area contributed by atoms with E-state index >= 15 is 0 Å². The van der Waals surface area contributed by atoms with E-state index < -0.39 is 6.08 Å². The third-order valence-corrected chi connectivity index (χ3v) is 1.79. The minimum Gasteiger partial charge on any atom is -0.451 e. The van der Waals surface area contributed by atoms with Gasteiger partial charge < -0.3 is 4.90 Å². The summed E-state index contributed by atoms with van der Waals surface area (Å²) in [5.74, 6) is 0.656. The molecule has 2 heterocycles. The molecule has 0 N–H and O–H groups in total. The lowest BCUT2D eigenvalue weighted by atomic mass is 10.4. The largest absolute Gasteiger partial charge is 0.451 e. The Morgan fingerprint density at radius 1 is 1.36 bits per heavy atom. The molecule has 2 rings (SSSR count). The number of aromatic nitrogens is 3. The molecule has 0 aliphatic carbocycles. The molecule has 0 bridgehead atoms. The van der Waals surface area contributed by atoms with Crippen LogP contribution in [-0.4, -0.2) is 26.2 Å². The van der Waals surface area contributed by atoms with Crippen LogP contribution in [0.3, 0.4) is 0 Å². The van der Waals surface area contributed by atoms with Crippen molar-refractivity contribution in [1.29, 1.82) is 0 Å². The van der Waals surface area contributed by atoms with Gasteiger partial charge in [-0.05, 0) is 6.54 Å². The minimum atomic E-state index is -0.493. The van der Waals surface area contributed by atoms with Crippen LogP contribution in [0.5, 0.6) is 0 Å². The standard InChI is InChI=1S/C6H8FN4/c1-10-2-3-11-5(4-10)8-9-6(11)7/h1-4H2/q-1. The first kappa shape index (κ1) is 6.72. The second-order valence-corrected chi connectivity index (χ2v) is 2.59. The topological polar surface area (TPSA) is 34.0 Å². The predicted octanol–water partition coefficient (Wildman–Crippen LogP) is 0.0244. The minimum absolute atomic E-state index is 0.493. The molecule has 4 nitrogen and oxygen atoms in total. The van der Waals surface area contributed by atoms with Crippen molar-refractivity contribution in [2.24, 2.45) is 0 Å². The molecule has 1 aliphatic rings. The summed E-state index contributed by atoms with van der Waals surface area (Å²) in [4.78, 5) is 1.84. The fourth-order valence-corrected chi connectivity index (χ4v) is 1.17. The number of rotatable bonds is 0. The summed E-state index contributed by atoms with van der Waals surface area (Å²) in [6.07, 6.45) is -0.493. The van der Waals surface area contributed by atoms with Gasteiger partial charge in [-0.1, -0.05) is 5.10 Å². The molecule has 1 aromatic heterocycles. The molecule has 5 heteroatoms. The van der Waals surface area contributed by atoms with Gasteiger partial charge in [0, 0.05) is 13.1 Å². The number of hydrogen-bond acceptors (Lipinski definition) is 3. The first-order valence-electron chi connectivity index (χ1n) is 3.40. The van der Waals surface area contributed by atoms with Gasteiger partial charge in [-0.25, -0.2) is 0 Å². The molecule has 0 unspecified atom stereocenters. The van der Waals surface area contributed by atoms with Gasteiger partial charge in [0.2, 0.25) is 0 Å². The molecule has 0 fully saturated rings. The molecule has 0 spiro atoms. The second-order valence-electron chi connectivity index (χ2n) is 2.59. The van der Waals surface area contributed by atoms with Gasteiger partial charge in [0.1, 0.15) is 5.82 Å². The number of halogens is 1. The van der Waals surface area contributed by atoms with E-state index in [9.17, 15) is 4.39 Å². The number of nitrogens with zero attached hydrogens (tertiary/aromatic N) is 4. The molecule has 0 saturated heterocycles. The highest BCUT2D eigenvalue weighted by Gasteiger charge is 2.15. The van der Waals surface area contributed by atoms with Crippen molar-refractivity contribution in [1.82, 2.24) is 19.7 Å². The van der Waals surface area contributed by atoms with Crippen LogP contribution >= 0.6 is 0 Å². The van der Waals surface area contributed by atoms with Crippen LogP contribution in [-0.2, 0) is 13.1 Å². The quantitative estimate of drug-likeness (QED) is 0.495. The molecule has 0 atom stereocenters. The van der Waals surface area contributed by atoms with E-state index in [1.165, 1.54) is 4.57 Å². The summed E-state index contributed by atoms with van der Waals surface area (Å²) in [6.45, 7) is 1.93. The van der Waals surface area contributed by atoms with Crippen LogP contribution < -0.4 is 0 Å². The normalized spacial score (nSPS) is 18.4. The number of hydrogen-bond donors (Lipinski definition) is 0. The molecule has 1 aliphatic heterocycles. The molecule has 0 saturated carbocycles. The Kier molecular flexibility index (Phi) is 1.38.